The van der Waals surface area contributed by atoms with Gasteiger partial charge in [-0.3, -0.25) is 0 Å². The van der Waals surface area contributed by atoms with Crippen LogP contribution in [0.5, 0.6) is 0 Å². The second-order valence-corrected chi connectivity index (χ2v) is 6.06. The zero-order valence-electron chi connectivity index (χ0n) is 10.8. The lowest BCUT2D eigenvalue weighted by molar-refractivity contribution is 0.443. The van der Waals surface area contributed by atoms with Gasteiger partial charge in [0.05, 0.1) is 0 Å². The van der Waals surface area contributed by atoms with Gasteiger partial charge >= 0.3 is 0 Å². The molecule has 0 saturated heterocycles. The van der Waals surface area contributed by atoms with Gasteiger partial charge in [0.25, 0.3) is 0 Å². The van der Waals surface area contributed by atoms with E-state index in [0.29, 0.717) is 0 Å². The fraction of sp³-hybridized carbons (Fsp3) is 0.647. The Balaban J connectivity index is 1.58. The lowest BCUT2D eigenvalue weighted by Crippen LogP contribution is -2.04. The van der Waals surface area contributed by atoms with Crippen molar-refractivity contribution in [2.75, 3.05) is 0 Å². The van der Waals surface area contributed by atoms with Crippen molar-refractivity contribution < 1.29 is 0 Å². The molecule has 2 aliphatic carbocycles. The maximum atomic E-state index is 2.40. The molecule has 0 spiro atoms. The Morgan fingerprint density at radius 2 is 1.53 bits per heavy atom. The van der Waals surface area contributed by atoms with Crippen LogP contribution in [0.1, 0.15) is 68.4 Å². The van der Waals surface area contributed by atoms with E-state index in [9.17, 15) is 0 Å². The average Bonchev–Trinajstić information content (AvgIpc) is 3.22. The molecule has 1 aromatic carbocycles. The standard InChI is InChI=1S/C17H24/c1-2-4-16(5-3-1)17-12-10-15(11-13-17)9-8-14-6-7-14/h10-14,16H,1-9H2. The number of benzene rings is 1. The van der Waals surface area contributed by atoms with E-state index in [1.807, 2.05) is 0 Å². The summed E-state index contributed by atoms with van der Waals surface area (Å²) in [5, 5.41) is 0. The summed E-state index contributed by atoms with van der Waals surface area (Å²) in [6.45, 7) is 0. The van der Waals surface area contributed by atoms with Crippen molar-refractivity contribution in [2.24, 2.45) is 5.92 Å². The van der Waals surface area contributed by atoms with Crippen molar-refractivity contribution in [3.8, 4) is 0 Å². The van der Waals surface area contributed by atoms with Crippen molar-refractivity contribution in [3.05, 3.63) is 35.4 Å². The average molecular weight is 228 g/mol. The number of hydrogen-bond acceptors (Lipinski definition) is 0. The molecule has 0 aromatic heterocycles. The second-order valence-electron chi connectivity index (χ2n) is 6.06. The minimum Gasteiger partial charge on any atom is -0.0588 e. The van der Waals surface area contributed by atoms with Gasteiger partial charge in [0, 0.05) is 0 Å². The number of rotatable bonds is 4. The molecule has 2 aliphatic rings. The SMILES string of the molecule is c1cc(C2CCCCC2)ccc1CCC1CC1. The monoisotopic (exact) mass is 228 g/mol. The van der Waals surface area contributed by atoms with Crippen molar-refractivity contribution in [2.45, 2.75) is 63.7 Å². The Labute approximate surface area is 105 Å². The molecule has 0 bridgehead atoms. The van der Waals surface area contributed by atoms with Gasteiger partial charge in [-0.15, -0.1) is 0 Å². The quantitative estimate of drug-likeness (QED) is 0.674. The third-order valence-corrected chi connectivity index (χ3v) is 4.59. The molecule has 0 atom stereocenters. The minimum atomic E-state index is 0.862. The largest absolute Gasteiger partial charge is 0.0588 e. The predicted octanol–water partition coefficient (Wildman–Crippen LogP) is 5.08. The molecule has 0 radical (unpaired) electrons. The summed E-state index contributed by atoms with van der Waals surface area (Å²) >= 11 is 0. The highest BCUT2D eigenvalue weighted by Gasteiger charge is 2.20. The zero-order chi connectivity index (χ0) is 11.5. The molecule has 2 saturated carbocycles. The molecule has 92 valence electrons. The molecular formula is C17H24. The first kappa shape index (κ1) is 11.3. The van der Waals surface area contributed by atoms with E-state index in [1.54, 1.807) is 11.1 Å². The molecule has 0 heterocycles. The van der Waals surface area contributed by atoms with E-state index in [4.69, 9.17) is 0 Å². The van der Waals surface area contributed by atoms with Crippen LogP contribution in [-0.2, 0) is 6.42 Å². The summed E-state index contributed by atoms with van der Waals surface area (Å²) in [6.07, 6.45) is 12.9. The topological polar surface area (TPSA) is 0 Å². The summed E-state index contributed by atoms with van der Waals surface area (Å²) in [7, 11) is 0. The van der Waals surface area contributed by atoms with E-state index in [1.165, 1.54) is 57.8 Å². The molecule has 1 aromatic rings. The highest BCUT2D eigenvalue weighted by atomic mass is 14.3. The molecular weight excluding hydrogens is 204 g/mol. The van der Waals surface area contributed by atoms with Crippen LogP contribution >= 0.6 is 0 Å². The smallest absolute Gasteiger partial charge is 0.0162 e. The van der Waals surface area contributed by atoms with Gasteiger partial charge in [0.1, 0.15) is 0 Å². The van der Waals surface area contributed by atoms with E-state index in [2.05, 4.69) is 24.3 Å². The molecule has 0 heteroatoms. The zero-order valence-corrected chi connectivity index (χ0v) is 10.8. The fourth-order valence-electron chi connectivity index (χ4n) is 3.17. The normalized spacial score (nSPS) is 21.6. The van der Waals surface area contributed by atoms with Gasteiger partial charge in [0.15, 0.2) is 0 Å². The highest BCUT2D eigenvalue weighted by Crippen LogP contribution is 2.34. The first-order valence-electron chi connectivity index (χ1n) is 7.50. The first-order chi connectivity index (χ1) is 8.42. The third kappa shape index (κ3) is 3.12. The Morgan fingerprint density at radius 3 is 2.18 bits per heavy atom. The molecule has 0 aliphatic heterocycles. The summed E-state index contributed by atoms with van der Waals surface area (Å²) < 4.78 is 0. The number of aryl methyl sites for hydroxylation is 1. The van der Waals surface area contributed by atoms with Gasteiger partial charge in [-0.2, -0.15) is 0 Å². The van der Waals surface area contributed by atoms with E-state index in [0.717, 1.165) is 11.8 Å². The van der Waals surface area contributed by atoms with Crippen LogP contribution in [0.3, 0.4) is 0 Å². The van der Waals surface area contributed by atoms with Crippen LogP contribution in [-0.4, -0.2) is 0 Å². The van der Waals surface area contributed by atoms with Gasteiger partial charge in [-0.25, -0.2) is 0 Å². The lowest BCUT2D eigenvalue weighted by Gasteiger charge is -2.22. The van der Waals surface area contributed by atoms with Crippen LogP contribution in [0.15, 0.2) is 24.3 Å². The van der Waals surface area contributed by atoms with Gasteiger partial charge < -0.3 is 0 Å². The number of hydrogen-bond donors (Lipinski definition) is 0. The molecule has 0 unspecified atom stereocenters. The van der Waals surface area contributed by atoms with E-state index in [-0.39, 0.29) is 0 Å². The maximum Gasteiger partial charge on any atom is -0.0162 e. The Morgan fingerprint density at radius 1 is 0.824 bits per heavy atom. The van der Waals surface area contributed by atoms with Crippen LogP contribution in [0.4, 0.5) is 0 Å². The molecule has 0 nitrogen and oxygen atoms in total. The Kier molecular flexibility index (Phi) is 3.49. The van der Waals surface area contributed by atoms with Crippen molar-refractivity contribution in [1.82, 2.24) is 0 Å². The second kappa shape index (κ2) is 5.25. The molecule has 17 heavy (non-hydrogen) atoms. The van der Waals surface area contributed by atoms with Crippen molar-refractivity contribution in [3.63, 3.8) is 0 Å². The lowest BCUT2D eigenvalue weighted by atomic mass is 9.84. The molecule has 0 amide bonds. The van der Waals surface area contributed by atoms with Gasteiger partial charge in [0.2, 0.25) is 0 Å². The molecule has 3 rings (SSSR count). The van der Waals surface area contributed by atoms with E-state index >= 15 is 0 Å². The summed E-state index contributed by atoms with van der Waals surface area (Å²) in [5.74, 6) is 1.93. The van der Waals surface area contributed by atoms with Crippen LogP contribution in [0.25, 0.3) is 0 Å². The fourth-order valence-corrected chi connectivity index (χ4v) is 3.17. The predicted molar refractivity (Wildman–Crippen MR) is 73.3 cm³/mol. The maximum absolute atomic E-state index is 2.40. The molecule has 0 N–H and O–H groups in total. The van der Waals surface area contributed by atoms with Crippen LogP contribution in [0, 0.1) is 5.92 Å². The van der Waals surface area contributed by atoms with Crippen LogP contribution < -0.4 is 0 Å². The minimum absolute atomic E-state index is 0.862. The van der Waals surface area contributed by atoms with Crippen molar-refractivity contribution in [1.29, 1.82) is 0 Å². The summed E-state index contributed by atoms with van der Waals surface area (Å²) in [4.78, 5) is 0. The summed E-state index contributed by atoms with van der Waals surface area (Å²) in [6, 6.07) is 9.56. The van der Waals surface area contributed by atoms with Gasteiger partial charge in [-0.1, -0.05) is 56.4 Å². The van der Waals surface area contributed by atoms with E-state index < -0.39 is 0 Å². The summed E-state index contributed by atoms with van der Waals surface area (Å²) in [5.41, 5.74) is 3.15. The third-order valence-electron chi connectivity index (χ3n) is 4.59. The Hall–Kier alpha value is -0.780. The molecule has 2 fully saturated rings. The highest BCUT2D eigenvalue weighted by molar-refractivity contribution is 5.25. The Bertz CT molecular complexity index is 339. The van der Waals surface area contributed by atoms with Crippen molar-refractivity contribution >= 4 is 0 Å². The van der Waals surface area contributed by atoms with Gasteiger partial charge in [-0.05, 0) is 48.6 Å². The first-order valence-corrected chi connectivity index (χ1v) is 7.50. The van der Waals surface area contributed by atoms with Crippen LogP contribution in [0.2, 0.25) is 0 Å².